The number of hydrogen-bond donors (Lipinski definition) is 2. The predicted molar refractivity (Wildman–Crippen MR) is 75.5 cm³/mol. The number of rotatable bonds is 6. The normalized spacial score (nSPS) is 10.0. The summed E-state index contributed by atoms with van der Waals surface area (Å²) in [5.41, 5.74) is 2.44. The number of hydrazine groups is 1. The molecule has 6 heteroatoms. The zero-order valence-electron chi connectivity index (χ0n) is 11.2. The van der Waals surface area contributed by atoms with Crippen molar-refractivity contribution in [3.8, 4) is 11.5 Å². The van der Waals surface area contributed by atoms with Crippen LogP contribution >= 0.6 is 0 Å². The third-order valence-corrected chi connectivity index (χ3v) is 2.67. The van der Waals surface area contributed by atoms with Crippen LogP contribution in [0.25, 0.3) is 0 Å². The molecule has 2 aromatic rings. The van der Waals surface area contributed by atoms with Gasteiger partial charge in [-0.05, 0) is 30.3 Å². The van der Waals surface area contributed by atoms with E-state index in [0.29, 0.717) is 11.3 Å². The number of ether oxygens (including phenoxy) is 2. The van der Waals surface area contributed by atoms with Gasteiger partial charge in [-0.25, -0.2) is 10.2 Å². The van der Waals surface area contributed by atoms with E-state index in [9.17, 15) is 9.18 Å². The summed E-state index contributed by atoms with van der Waals surface area (Å²) in [5.74, 6) is 4.93. The van der Waals surface area contributed by atoms with Crippen molar-refractivity contribution < 1.29 is 18.7 Å². The molecule has 1 amide bonds. The first kappa shape index (κ1) is 14.8. The summed E-state index contributed by atoms with van der Waals surface area (Å²) < 4.78 is 24.0. The second kappa shape index (κ2) is 7.25. The van der Waals surface area contributed by atoms with Gasteiger partial charge in [0.2, 0.25) is 0 Å². The molecule has 0 radical (unpaired) electrons. The molecule has 0 aromatic heterocycles. The average Bonchev–Trinajstić information content (AvgIpc) is 2.52. The van der Waals surface area contributed by atoms with Gasteiger partial charge in [0.15, 0.2) is 11.6 Å². The van der Waals surface area contributed by atoms with Crippen LogP contribution in [0.4, 0.5) is 4.39 Å². The van der Waals surface area contributed by atoms with Gasteiger partial charge in [-0.2, -0.15) is 0 Å². The maximum Gasteiger partial charge on any atom is 0.265 e. The summed E-state index contributed by atoms with van der Waals surface area (Å²) in [6.07, 6.45) is 0. The summed E-state index contributed by atoms with van der Waals surface area (Å²) in [5, 5.41) is 0. The lowest BCUT2D eigenvalue weighted by molar-refractivity contribution is 0.0953. The van der Waals surface area contributed by atoms with Gasteiger partial charge in [-0.1, -0.05) is 18.2 Å². The van der Waals surface area contributed by atoms with Crippen LogP contribution in [0.5, 0.6) is 11.5 Å². The molecule has 2 rings (SSSR count). The number of para-hydroxylation sites is 1. The molecule has 0 unspecified atom stereocenters. The maximum absolute atomic E-state index is 13.3. The van der Waals surface area contributed by atoms with Gasteiger partial charge in [-0.3, -0.25) is 10.2 Å². The second-order valence-electron chi connectivity index (χ2n) is 4.13. The van der Waals surface area contributed by atoms with E-state index < -0.39 is 11.7 Å². The van der Waals surface area contributed by atoms with Gasteiger partial charge in [-0.15, -0.1) is 0 Å². The third-order valence-electron chi connectivity index (χ3n) is 2.67. The molecular weight excluding hydrogens is 275 g/mol. The van der Waals surface area contributed by atoms with Gasteiger partial charge >= 0.3 is 0 Å². The molecule has 2 aromatic carbocycles. The Kier molecular flexibility index (Phi) is 5.11. The van der Waals surface area contributed by atoms with Gasteiger partial charge in [0.1, 0.15) is 19.0 Å². The monoisotopic (exact) mass is 290 g/mol. The minimum Gasteiger partial charge on any atom is -0.490 e. The van der Waals surface area contributed by atoms with E-state index in [2.05, 4.69) is 0 Å². The van der Waals surface area contributed by atoms with Crippen molar-refractivity contribution in [1.29, 1.82) is 0 Å². The number of nitrogen functional groups attached to an aromatic ring is 1. The summed E-state index contributed by atoms with van der Waals surface area (Å²) in [4.78, 5) is 11.4. The minimum atomic E-state index is -0.417. The highest BCUT2D eigenvalue weighted by molar-refractivity contribution is 5.94. The fraction of sp³-hybridized carbons (Fsp3) is 0.133. The van der Waals surface area contributed by atoms with Crippen LogP contribution in [0.2, 0.25) is 0 Å². The van der Waals surface area contributed by atoms with Gasteiger partial charge in [0, 0.05) is 5.56 Å². The zero-order valence-corrected chi connectivity index (χ0v) is 11.2. The zero-order chi connectivity index (χ0) is 15.1. The summed E-state index contributed by atoms with van der Waals surface area (Å²) in [6, 6.07) is 12.7. The van der Waals surface area contributed by atoms with Crippen molar-refractivity contribution in [1.82, 2.24) is 5.43 Å². The molecule has 5 nitrogen and oxygen atoms in total. The van der Waals surface area contributed by atoms with Gasteiger partial charge in [0.05, 0.1) is 0 Å². The lowest BCUT2D eigenvalue weighted by Crippen LogP contribution is -2.29. The van der Waals surface area contributed by atoms with E-state index >= 15 is 0 Å². The molecule has 110 valence electrons. The van der Waals surface area contributed by atoms with Crippen LogP contribution in [0, 0.1) is 5.82 Å². The lowest BCUT2D eigenvalue weighted by atomic mass is 10.2. The Morgan fingerprint density at radius 3 is 2.62 bits per heavy atom. The van der Waals surface area contributed by atoms with Gasteiger partial charge < -0.3 is 9.47 Å². The molecule has 0 aliphatic carbocycles. The highest BCUT2D eigenvalue weighted by Gasteiger charge is 2.05. The van der Waals surface area contributed by atoms with Crippen LogP contribution < -0.4 is 20.7 Å². The summed E-state index contributed by atoms with van der Waals surface area (Å²) in [6.45, 7) is 0.413. The largest absolute Gasteiger partial charge is 0.490 e. The summed E-state index contributed by atoms with van der Waals surface area (Å²) in [7, 11) is 0. The molecule has 0 spiro atoms. The molecular formula is C15H15FN2O3. The van der Waals surface area contributed by atoms with Crippen molar-refractivity contribution >= 4 is 5.91 Å². The highest BCUT2D eigenvalue weighted by atomic mass is 19.1. The molecule has 0 saturated heterocycles. The van der Waals surface area contributed by atoms with Gasteiger partial charge in [0.25, 0.3) is 5.91 Å². The molecule has 0 saturated carbocycles. The SMILES string of the molecule is NNC(=O)c1cccc(OCCOc2ccccc2F)c1. The number of nitrogens with one attached hydrogen (secondary N) is 1. The molecule has 0 atom stereocenters. The van der Waals surface area contributed by atoms with E-state index in [1.54, 1.807) is 42.5 Å². The maximum atomic E-state index is 13.3. The van der Waals surface area contributed by atoms with Crippen molar-refractivity contribution in [2.75, 3.05) is 13.2 Å². The Labute approximate surface area is 121 Å². The number of carbonyl (C=O) groups excluding carboxylic acids is 1. The van der Waals surface area contributed by atoms with Crippen LogP contribution in [0.15, 0.2) is 48.5 Å². The Morgan fingerprint density at radius 2 is 1.86 bits per heavy atom. The van der Waals surface area contributed by atoms with Crippen LogP contribution in [-0.4, -0.2) is 19.1 Å². The van der Waals surface area contributed by atoms with Crippen molar-refractivity contribution in [2.24, 2.45) is 5.84 Å². The first-order valence-electron chi connectivity index (χ1n) is 6.32. The van der Waals surface area contributed by atoms with Crippen molar-refractivity contribution in [2.45, 2.75) is 0 Å². The first-order chi connectivity index (χ1) is 10.2. The van der Waals surface area contributed by atoms with Crippen LogP contribution in [-0.2, 0) is 0 Å². The number of carbonyl (C=O) groups is 1. The molecule has 21 heavy (non-hydrogen) atoms. The van der Waals surface area contributed by atoms with E-state index in [1.807, 2.05) is 5.43 Å². The van der Waals surface area contributed by atoms with Crippen LogP contribution in [0.1, 0.15) is 10.4 Å². The van der Waals surface area contributed by atoms with Crippen LogP contribution in [0.3, 0.4) is 0 Å². The Hall–Kier alpha value is -2.60. The molecule has 0 fully saturated rings. The second-order valence-corrected chi connectivity index (χ2v) is 4.13. The lowest BCUT2D eigenvalue weighted by Gasteiger charge is -2.09. The van der Waals surface area contributed by atoms with E-state index in [-0.39, 0.29) is 19.0 Å². The average molecular weight is 290 g/mol. The number of amides is 1. The molecule has 0 heterocycles. The van der Waals surface area contributed by atoms with Crippen molar-refractivity contribution in [3.63, 3.8) is 0 Å². The molecule has 0 aliphatic heterocycles. The Balaban J connectivity index is 1.84. The Bertz CT molecular complexity index is 619. The fourth-order valence-electron chi connectivity index (χ4n) is 1.68. The minimum absolute atomic E-state index is 0.178. The topological polar surface area (TPSA) is 73.6 Å². The smallest absolute Gasteiger partial charge is 0.265 e. The highest BCUT2D eigenvalue weighted by Crippen LogP contribution is 2.16. The molecule has 3 N–H and O–H groups in total. The quantitative estimate of drug-likeness (QED) is 0.369. The summed E-state index contributed by atoms with van der Waals surface area (Å²) >= 11 is 0. The predicted octanol–water partition coefficient (Wildman–Crippen LogP) is 1.89. The first-order valence-corrected chi connectivity index (χ1v) is 6.32. The number of hydrogen-bond acceptors (Lipinski definition) is 4. The number of halogens is 1. The molecule has 0 bridgehead atoms. The number of nitrogens with two attached hydrogens (primary N) is 1. The molecule has 0 aliphatic rings. The van der Waals surface area contributed by atoms with Crippen molar-refractivity contribution in [3.05, 3.63) is 59.9 Å². The van der Waals surface area contributed by atoms with E-state index in [0.717, 1.165) is 0 Å². The van der Waals surface area contributed by atoms with E-state index in [4.69, 9.17) is 15.3 Å². The standard InChI is InChI=1S/C15H15FN2O3/c16-13-6-1-2-7-14(13)21-9-8-20-12-5-3-4-11(10-12)15(19)18-17/h1-7,10H,8-9,17H2,(H,18,19). The number of benzene rings is 2. The third kappa shape index (κ3) is 4.19. The Morgan fingerprint density at radius 1 is 1.10 bits per heavy atom. The fourth-order valence-corrected chi connectivity index (χ4v) is 1.68. The van der Waals surface area contributed by atoms with E-state index in [1.165, 1.54) is 6.07 Å².